The number of hydrazine groups is 1. The molecule has 0 bridgehead atoms. The number of carboxylic acid groups (broad SMARTS) is 3. The lowest BCUT2D eigenvalue weighted by Crippen LogP contribution is -2.48. The van der Waals surface area contributed by atoms with Crippen LogP contribution in [0.4, 0.5) is 4.79 Å². The first-order chi connectivity index (χ1) is 9.32. The minimum absolute atomic E-state index is 0.142. The minimum Gasteiger partial charge on any atom is -0.480 e. The molecule has 0 aliphatic carbocycles. The predicted molar refractivity (Wildman–Crippen MR) is 63.2 cm³/mol. The minimum atomic E-state index is -1.69. The van der Waals surface area contributed by atoms with E-state index in [0.717, 1.165) is 0 Å². The highest BCUT2D eigenvalue weighted by Crippen LogP contribution is 2.08. The third kappa shape index (κ3) is 3.70. The van der Waals surface area contributed by atoms with Crippen molar-refractivity contribution in [1.82, 2.24) is 10.4 Å². The van der Waals surface area contributed by atoms with Gasteiger partial charge in [-0.05, 0) is 12.1 Å². The molecule has 0 saturated carbocycles. The molecule has 0 heterocycles. The maximum Gasteiger partial charge on any atom is 0.426 e. The summed E-state index contributed by atoms with van der Waals surface area (Å²) in [7, 11) is 0. The summed E-state index contributed by atoms with van der Waals surface area (Å²) in [6.07, 6.45) is -1.69. The lowest BCUT2D eigenvalue weighted by molar-refractivity contribution is -0.138. The number of rotatable bonds is 4. The predicted octanol–water partition coefficient (Wildman–Crippen LogP) is 0.0942. The third-order valence-corrected chi connectivity index (χ3v) is 2.16. The van der Waals surface area contributed by atoms with E-state index in [1.165, 1.54) is 24.3 Å². The Bertz CT molecular complexity index is 570. The second kappa shape index (κ2) is 6.18. The van der Waals surface area contributed by atoms with Crippen LogP contribution >= 0.6 is 0 Å². The molecule has 0 unspecified atom stereocenters. The highest BCUT2D eigenvalue weighted by atomic mass is 16.4. The molecule has 4 N–H and O–H groups in total. The summed E-state index contributed by atoms with van der Waals surface area (Å²) in [5, 5.41) is 26.3. The van der Waals surface area contributed by atoms with Crippen molar-refractivity contribution < 1.29 is 34.5 Å². The summed E-state index contributed by atoms with van der Waals surface area (Å²) in [6.45, 7) is -0.976. The number of hydrogen-bond acceptors (Lipinski definition) is 4. The normalized spacial score (nSPS) is 9.60. The summed E-state index contributed by atoms with van der Waals surface area (Å²) < 4.78 is 0. The maximum absolute atomic E-state index is 11.8. The van der Waals surface area contributed by atoms with Gasteiger partial charge in [-0.3, -0.25) is 15.0 Å². The van der Waals surface area contributed by atoms with Gasteiger partial charge in [-0.15, -0.1) is 0 Å². The van der Waals surface area contributed by atoms with Gasteiger partial charge in [0.15, 0.2) is 0 Å². The zero-order chi connectivity index (χ0) is 15.3. The van der Waals surface area contributed by atoms with Crippen molar-refractivity contribution in [3.05, 3.63) is 35.4 Å². The van der Waals surface area contributed by atoms with Crippen LogP contribution in [-0.2, 0) is 4.79 Å². The van der Waals surface area contributed by atoms with Crippen molar-refractivity contribution in [2.24, 2.45) is 0 Å². The Kier molecular flexibility index (Phi) is 4.62. The average molecular weight is 282 g/mol. The smallest absolute Gasteiger partial charge is 0.426 e. The number of carboxylic acids is 2. The number of nitrogens with zero attached hydrogens (tertiary/aromatic N) is 1. The topological polar surface area (TPSA) is 144 Å². The van der Waals surface area contributed by atoms with Gasteiger partial charge in [-0.2, -0.15) is 0 Å². The van der Waals surface area contributed by atoms with E-state index in [1.807, 2.05) is 5.43 Å². The van der Waals surface area contributed by atoms with Gasteiger partial charge in [0, 0.05) is 0 Å². The molecule has 0 atom stereocenters. The highest BCUT2D eigenvalue weighted by molar-refractivity contribution is 6.05. The second-order valence-corrected chi connectivity index (χ2v) is 3.55. The van der Waals surface area contributed by atoms with Crippen LogP contribution in [0.2, 0.25) is 0 Å². The molecule has 0 saturated heterocycles. The zero-order valence-corrected chi connectivity index (χ0v) is 9.94. The number of benzene rings is 1. The van der Waals surface area contributed by atoms with E-state index in [9.17, 15) is 19.2 Å². The van der Waals surface area contributed by atoms with Gasteiger partial charge in [-0.1, -0.05) is 12.1 Å². The van der Waals surface area contributed by atoms with Crippen LogP contribution in [0.15, 0.2) is 24.3 Å². The van der Waals surface area contributed by atoms with Gasteiger partial charge in [0.1, 0.15) is 6.54 Å². The first-order valence-electron chi connectivity index (χ1n) is 5.18. The molecule has 9 nitrogen and oxygen atoms in total. The molecule has 20 heavy (non-hydrogen) atoms. The Morgan fingerprint density at radius 2 is 1.55 bits per heavy atom. The van der Waals surface area contributed by atoms with Gasteiger partial charge >= 0.3 is 18.0 Å². The number of hydrogen-bond donors (Lipinski definition) is 4. The number of carbonyl (C=O) groups is 4. The Morgan fingerprint density at radius 3 is 2.00 bits per heavy atom. The van der Waals surface area contributed by atoms with Gasteiger partial charge in [-0.25, -0.2) is 14.6 Å². The summed E-state index contributed by atoms with van der Waals surface area (Å²) in [5.74, 6) is -3.87. The molecule has 0 aliphatic heterocycles. The Hall–Kier alpha value is -3.10. The molecule has 0 aliphatic rings. The van der Waals surface area contributed by atoms with Crippen LogP contribution in [0.1, 0.15) is 20.7 Å². The summed E-state index contributed by atoms with van der Waals surface area (Å²) in [5.41, 5.74) is 1.20. The SMILES string of the molecule is O=C(O)CN(NC(=O)c1ccccc1C(=O)O)C(=O)O. The molecule has 0 aromatic heterocycles. The molecule has 1 aromatic rings. The monoisotopic (exact) mass is 282 g/mol. The summed E-state index contributed by atoms with van der Waals surface area (Å²) in [4.78, 5) is 43.9. The Labute approximate surface area is 112 Å². The van der Waals surface area contributed by atoms with Crippen LogP contribution < -0.4 is 5.43 Å². The van der Waals surface area contributed by atoms with Crippen molar-refractivity contribution in [2.75, 3.05) is 6.54 Å². The van der Waals surface area contributed by atoms with E-state index < -0.39 is 30.5 Å². The lowest BCUT2D eigenvalue weighted by atomic mass is 10.1. The van der Waals surface area contributed by atoms with Crippen LogP contribution in [-0.4, -0.2) is 50.8 Å². The van der Waals surface area contributed by atoms with Gasteiger partial charge in [0.2, 0.25) is 0 Å². The standard InChI is InChI=1S/C11H10N2O7/c14-8(15)5-13(11(19)20)12-9(16)6-3-1-2-4-7(6)10(17)18/h1-4H,5H2,(H,12,16)(H,14,15)(H,17,18)(H,19,20). The Balaban J connectivity index is 2.98. The van der Waals surface area contributed by atoms with Crippen LogP contribution in [0.5, 0.6) is 0 Å². The Morgan fingerprint density at radius 1 is 1.00 bits per heavy atom. The van der Waals surface area contributed by atoms with Crippen molar-refractivity contribution in [2.45, 2.75) is 0 Å². The van der Waals surface area contributed by atoms with E-state index in [2.05, 4.69) is 0 Å². The highest BCUT2D eigenvalue weighted by Gasteiger charge is 2.22. The van der Waals surface area contributed by atoms with E-state index in [-0.39, 0.29) is 16.1 Å². The average Bonchev–Trinajstić information content (AvgIpc) is 2.37. The van der Waals surface area contributed by atoms with Crippen molar-refractivity contribution in [1.29, 1.82) is 0 Å². The van der Waals surface area contributed by atoms with E-state index in [0.29, 0.717) is 0 Å². The summed E-state index contributed by atoms with van der Waals surface area (Å²) in [6, 6.07) is 5.13. The first-order valence-corrected chi connectivity index (χ1v) is 5.18. The fourth-order valence-electron chi connectivity index (χ4n) is 1.34. The van der Waals surface area contributed by atoms with Crippen molar-refractivity contribution in [3.63, 3.8) is 0 Å². The molecule has 9 heteroatoms. The molecule has 0 radical (unpaired) electrons. The number of aromatic carboxylic acids is 1. The molecule has 1 aromatic carbocycles. The van der Waals surface area contributed by atoms with Crippen LogP contribution in [0, 0.1) is 0 Å². The molecule has 0 spiro atoms. The maximum atomic E-state index is 11.8. The van der Waals surface area contributed by atoms with E-state index in [4.69, 9.17) is 15.3 Å². The number of aliphatic carboxylic acids is 1. The second-order valence-electron chi connectivity index (χ2n) is 3.55. The molecular weight excluding hydrogens is 272 g/mol. The fourth-order valence-corrected chi connectivity index (χ4v) is 1.34. The van der Waals surface area contributed by atoms with Crippen molar-refractivity contribution in [3.8, 4) is 0 Å². The van der Waals surface area contributed by atoms with E-state index >= 15 is 0 Å². The van der Waals surface area contributed by atoms with Gasteiger partial charge < -0.3 is 15.3 Å². The third-order valence-electron chi connectivity index (χ3n) is 2.16. The lowest BCUT2D eigenvalue weighted by Gasteiger charge is -2.18. The number of amides is 2. The van der Waals surface area contributed by atoms with Crippen LogP contribution in [0.3, 0.4) is 0 Å². The molecule has 106 valence electrons. The number of carbonyl (C=O) groups excluding carboxylic acids is 1. The largest absolute Gasteiger partial charge is 0.480 e. The molecular formula is C11H10N2O7. The van der Waals surface area contributed by atoms with Crippen LogP contribution in [0.25, 0.3) is 0 Å². The number of nitrogens with one attached hydrogen (secondary N) is 1. The fraction of sp³-hybridized carbons (Fsp3) is 0.0909. The van der Waals surface area contributed by atoms with E-state index in [1.54, 1.807) is 0 Å². The quantitative estimate of drug-likeness (QED) is 0.573. The van der Waals surface area contributed by atoms with Gasteiger partial charge in [0.05, 0.1) is 11.1 Å². The van der Waals surface area contributed by atoms with Crippen molar-refractivity contribution >= 4 is 23.9 Å². The molecule has 2 amide bonds. The van der Waals surface area contributed by atoms with Gasteiger partial charge in [0.25, 0.3) is 5.91 Å². The first kappa shape index (κ1) is 15.0. The molecule has 1 rings (SSSR count). The zero-order valence-electron chi connectivity index (χ0n) is 9.94. The molecule has 0 fully saturated rings. The summed E-state index contributed by atoms with van der Waals surface area (Å²) >= 11 is 0.